The summed E-state index contributed by atoms with van der Waals surface area (Å²) in [6.07, 6.45) is 0.444. The predicted molar refractivity (Wildman–Crippen MR) is 124 cm³/mol. The number of anilines is 1. The Morgan fingerprint density at radius 3 is 2.10 bits per heavy atom. The summed E-state index contributed by atoms with van der Waals surface area (Å²) in [6.45, 7) is 0. The van der Waals surface area contributed by atoms with Crippen molar-refractivity contribution in [2.75, 3.05) is 19.1 Å². The van der Waals surface area contributed by atoms with Crippen LogP contribution >= 0.6 is 23.2 Å². The molecule has 1 saturated heterocycles. The lowest BCUT2D eigenvalue weighted by molar-refractivity contribution is -0.112. The van der Waals surface area contributed by atoms with Crippen molar-refractivity contribution in [2.45, 2.75) is 12.5 Å². The summed E-state index contributed by atoms with van der Waals surface area (Å²) in [7, 11) is 3.18. The number of hydrogen-bond donors (Lipinski definition) is 0. The van der Waals surface area contributed by atoms with E-state index in [1.807, 2.05) is 30.3 Å². The maximum Gasteiger partial charge on any atom is 0.273 e. The van der Waals surface area contributed by atoms with Gasteiger partial charge in [-0.2, -0.15) is 0 Å². The largest absolute Gasteiger partial charge is 0.493 e. The van der Waals surface area contributed by atoms with E-state index in [-0.39, 0.29) is 11.9 Å². The van der Waals surface area contributed by atoms with Gasteiger partial charge in [0.15, 0.2) is 11.5 Å². The van der Waals surface area contributed by atoms with Crippen molar-refractivity contribution in [1.82, 2.24) is 0 Å². The molecular formula is C24H20Cl2N2O3. The highest BCUT2D eigenvalue weighted by atomic mass is 35.5. The Hall–Kier alpha value is -3.02. The lowest BCUT2D eigenvalue weighted by Gasteiger charge is -2.25. The van der Waals surface area contributed by atoms with Gasteiger partial charge in [-0.3, -0.25) is 9.69 Å². The van der Waals surface area contributed by atoms with Crippen molar-refractivity contribution in [3.05, 3.63) is 82.3 Å². The Kier molecular flexibility index (Phi) is 6.16. The zero-order chi connectivity index (χ0) is 22.0. The molecule has 0 spiro atoms. The highest BCUT2D eigenvalue weighted by molar-refractivity contribution is 6.46. The zero-order valence-corrected chi connectivity index (χ0v) is 18.5. The van der Waals surface area contributed by atoms with Gasteiger partial charge in [-0.25, -0.2) is 4.99 Å². The molecule has 1 aliphatic heterocycles. The van der Waals surface area contributed by atoms with E-state index in [1.54, 1.807) is 55.5 Å². The molecule has 0 bridgehead atoms. The molecule has 1 heterocycles. The van der Waals surface area contributed by atoms with Crippen LogP contribution in [0.25, 0.3) is 0 Å². The molecule has 0 radical (unpaired) electrons. The Labute approximate surface area is 190 Å². The molecule has 3 aromatic carbocycles. The van der Waals surface area contributed by atoms with E-state index in [0.29, 0.717) is 39.4 Å². The quantitative estimate of drug-likeness (QED) is 0.456. The second-order valence-corrected chi connectivity index (χ2v) is 7.89. The van der Waals surface area contributed by atoms with Gasteiger partial charge in [0.05, 0.1) is 25.9 Å². The molecule has 3 aromatic rings. The molecule has 31 heavy (non-hydrogen) atoms. The summed E-state index contributed by atoms with van der Waals surface area (Å²) in [5.41, 5.74) is 2.81. The van der Waals surface area contributed by atoms with Crippen LogP contribution in [-0.4, -0.2) is 25.8 Å². The molecule has 1 unspecified atom stereocenters. The third kappa shape index (κ3) is 4.38. The number of carbonyl (C=O) groups is 1. The van der Waals surface area contributed by atoms with Crippen LogP contribution in [0.2, 0.25) is 10.0 Å². The van der Waals surface area contributed by atoms with Crippen molar-refractivity contribution in [3.8, 4) is 11.5 Å². The van der Waals surface area contributed by atoms with Crippen LogP contribution < -0.4 is 14.4 Å². The molecule has 0 aromatic heterocycles. The minimum absolute atomic E-state index is 0.156. The molecule has 1 amide bonds. The lowest BCUT2D eigenvalue weighted by atomic mass is 10.0. The number of benzene rings is 3. The number of halogens is 2. The van der Waals surface area contributed by atoms with Crippen LogP contribution in [0.4, 0.5) is 11.4 Å². The van der Waals surface area contributed by atoms with Crippen LogP contribution in [0.5, 0.6) is 11.5 Å². The van der Waals surface area contributed by atoms with Gasteiger partial charge in [-0.15, -0.1) is 0 Å². The number of methoxy groups -OCH3 is 2. The molecule has 0 saturated carbocycles. The fraction of sp³-hybridized carbons (Fsp3) is 0.167. The molecule has 0 aliphatic carbocycles. The SMILES string of the molecule is COc1ccc(C2CC(=Nc3ccc(Cl)cc3)C(=O)N2c2ccc(Cl)cc2)cc1OC. The van der Waals surface area contributed by atoms with E-state index in [4.69, 9.17) is 32.7 Å². The van der Waals surface area contributed by atoms with Crippen molar-refractivity contribution in [2.24, 2.45) is 4.99 Å². The maximum atomic E-state index is 13.4. The van der Waals surface area contributed by atoms with Gasteiger partial charge >= 0.3 is 0 Å². The number of aliphatic imine (C=N–C) groups is 1. The number of hydrogen-bond acceptors (Lipinski definition) is 4. The van der Waals surface area contributed by atoms with Crippen LogP contribution in [0, 0.1) is 0 Å². The number of carbonyl (C=O) groups excluding carboxylic acids is 1. The summed E-state index contributed by atoms with van der Waals surface area (Å²) in [5, 5.41) is 1.22. The van der Waals surface area contributed by atoms with Crippen LogP contribution in [0.15, 0.2) is 71.7 Å². The van der Waals surface area contributed by atoms with Crippen LogP contribution in [0.1, 0.15) is 18.0 Å². The second kappa shape index (κ2) is 9.00. The normalized spacial score (nSPS) is 17.3. The van der Waals surface area contributed by atoms with Gasteiger partial charge in [0.25, 0.3) is 5.91 Å². The first-order valence-electron chi connectivity index (χ1n) is 9.64. The fourth-order valence-corrected chi connectivity index (χ4v) is 3.89. The van der Waals surface area contributed by atoms with Crippen molar-refractivity contribution in [3.63, 3.8) is 0 Å². The Morgan fingerprint density at radius 2 is 1.48 bits per heavy atom. The first kappa shape index (κ1) is 21.2. The van der Waals surface area contributed by atoms with Crippen molar-refractivity contribution < 1.29 is 14.3 Å². The first-order valence-corrected chi connectivity index (χ1v) is 10.4. The van der Waals surface area contributed by atoms with Gasteiger partial charge in [0.1, 0.15) is 5.71 Å². The highest BCUT2D eigenvalue weighted by Crippen LogP contribution is 2.40. The first-order chi connectivity index (χ1) is 15.0. The van der Waals surface area contributed by atoms with E-state index in [9.17, 15) is 4.79 Å². The molecule has 7 heteroatoms. The van der Waals surface area contributed by atoms with Gasteiger partial charge in [0.2, 0.25) is 0 Å². The molecule has 1 atom stereocenters. The monoisotopic (exact) mass is 454 g/mol. The fourth-order valence-electron chi connectivity index (χ4n) is 3.63. The van der Waals surface area contributed by atoms with Gasteiger partial charge in [0, 0.05) is 22.2 Å². The van der Waals surface area contributed by atoms with Crippen LogP contribution in [0.3, 0.4) is 0 Å². The second-order valence-electron chi connectivity index (χ2n) is 7.02. The summed E-state index contributed by atoms with van der Waals surface area (Å²) >= 11 is 12.0. The van der Waals surface area contributed by atoms with E-state index >= 15 is 0 Å². The smallest absolute Gasteiger partial charge is 0.273 e. The molecule has 1 fully saturated rings. The topological polar surface area (TPSA) is 51.1 Å². The van der Waals surface area contributed by atoms with E-state index in [1.165, 1.54) is 0 Å². The Balaban J connectivity index is 1.78. The van der Waals surface area contributed by atoms with E-state index in [0.717, 1.165) is 11.3 Å². The summed E-state index contributed by atoms with van der Waals surface area (Å²) in [4.78, 5) is 19.8. The molecule has 0 N–H and O–H groups in total. The van der Waals surface area contributed by atoms with E-state index < -0.39 is 0 Å². The highest BCUT2D eigenvalue weighted by Gasteiger charge is 2.39. The van der Waals surface area contributed by atoms with Crippen LogP contribution in [-0.2, 0) is 4.79 Å². The minimum atomic E-state index is -0.250. The molecule has 1 aliphatic rings. The van der Waals surface area contributed by atoms with E-state index in [2.05, 4.69) is 4.99 Å². The standard InChI is InChI=1S/C24H20Cl2N2O3/c1-30-22-12-3-15(13-23(22)31-2)21-14-20(27-18-8-4-16(25)5-9-18)24(29)28(21)19-10-6-17(26)7-11-19/h3-13,21H,14H2,1-2H3. The maximum absolute atomic E-state index is 13.4. The molecule has 5 nitrogen and oxygen atoms in total. The summed E-state index contributed by atoms with van der Waals surface area (Å²) in [5.74, 6) is 1.08. The summed E-state index contributed by atoms with van der Waals surface area (Å²) < 4.78 is 10.8. The third-order valence-electron chi connectivity index (χ3n) is 5.15. The van der Waals surface area contributed by atoms with Gasteiger partial charge in [-0.05, 0) is 66.2 Å². The minimum Gasteiger partial charge on any atom is -0.493 e. The Morgan fingerprint density at radius 1 is 0.871 bits per heavy atom. The average Bonchev–Trinajstić information content (AvgIpc) is 3.11. The van der Waals surface area contributed by atoms with Gasteiger partial charge < -0.3 is 9.47 Å². The molecule has 158 valence electrons. The predicted octanol–water partition coefficient (Wildman–Crippen LogP) is 6.26. The van der Waals surface area contributed by atoms with Gasteiger partial charge in [-0.1, -0.05) is 29.3 Å². The average molecular weight is 455 g/mol. The van der Waals surface area contributed by atoms with Crippen molar-refractivity contribution >= 4 is 46.2 Å². The number of ether oxygens (including phenoxy) is 2. The zero-order valence-electron chi connectivity index (χ0n) is 17.0. The third-order valence-corrected chi connectivity index (χ3v) is 5.66. The van der Waals surface area contributed by atoms with Crippen molar-refractivity contribution in [1.29, 1.82) is 0 Å². The molecule has 4 rings (SSSR count). The molecular weight excluding hydrogens is 435 g/mol. The summed E-state index contributed by atoms with van der Waals surface area (Å²) in [6, 6.07) is 19.7. The lowest BCUT2D eigenvalue weighted by Crippen LogP contribution is -2.29. The number of nitrogens with zero attached hydrogens (tertiary/aromatic N) is 2. The Bertz CT molecular complexity index is 1130. The number of amides is 1. The number of rotatable bonds is 5.